The molecule has 12 aromatic rings. The number of anilines is 3. The molecular weight excluding hydrogens is 767 g/mol. The van der Waals surface area contributed by atoms with Crippen LogP contribution in [0.5, 0.6) is 0 Å². The van der Waals surface area contributed by atoms with Crippen LogP contribution in [0.25, 0.3) is 99.5 Å². The van der Waals surface area contributed by atoms with Crippen LogP contribution in [0, 0.1) is 0 Å². The molecule has 0 aliphatic heterocycles. The molecule has 12 rings (SSSR count). The van der Waals surface area contributed by atoms with Crippen LogP contribution in [-0.2, 0) is 0 Å². The third kappa shape index (κ3) is 6.55. The number of fused-ring (bicyclic) bond motifs is 6. The van der Waals surface area contributed by atoms with E-state index in [1.807, 2.05) is 6.07 Å². The van der Waals surface area contributed by atoms with Crippen molar-refractivity contribution in [1.29, 1.82) is 0 Å². The Bertz CT molecular complexity index is 3590. The lowest BCUT2D eigenvalue weighted by Crippen LogP contribution is -2.10. The normalized spacial score (nSPS) is 11.5. The van der Waals surface area contributed by atoms with Gasteiger partial charge in [-0.2, -0.15) is 0 Å². The zero-order chi connectivity index (χ0) is 41.7. The summed E-state index contributed by atoms with van der Waals surface area (Å²) in [7, 11) is 0. The Balaban J connectivity index is 1.07. The Morgan fingerprint density at radius 3 is 1.38 bits per heavy atom. The average Bonchev–Trinajstić information content (AvgIpc) is 3.93. The van der Waals surface area contributed by atoms with Gasteiger partial charge in [-0.25, -0.2) is 0 Å². The maximum atomic E-state index is 7.02. The van der Waals surface area contributed by atoms with Crippen LogP contribution in [0.3, 0.4) is 0 Å². The first-order valence-corrected chi connectivity index (χ1v) is 21.4. The van der Waals surface area contributed by atoms with Crippen molar-refractivity contribution < 1.29 is 8.83 Å². The first-order chi connectivity index (χ1) is 31.2. The summed E-state index contributed by atoms with van der Waals surface area (Å²) in [6.45, 7) is 0. The number of rotatable bonds is 8. The van der Waals surface area contributed by atoms with E-state index in [1.165, 1.54) is 11.1 Å². The molecule has 0 bridgehead atoms. The second-order valence-corrected chi connectivity index (χ2v) is 16.1. The maximum Gasteiger partial charge on any atom is 0.145 e. The molecule has 0 radical (unpaired) electrons. The number of hydrogen-bond acceptors (Lipinski definition) is 3. The standard InChI is InChI=1S/C60H39NO2/c1-5-14-40(15-6-1)43-24-26-44(27-25-43)46-22-13-23-49(36-46)61(50-30-35-56-54(39-50)52-31-28-47(37-57(52)62-56)41-16-7-2-8-17-41)55-34-33-51(45-20-11-4-12-21-45)60-59(55)53-32-29-48(38-58(53)63-60)42-18-9-3-10-19-42/h1-39H. The molecule has 63 heavy (non-hydrogen) atoms. The van der Waals surface area contributed by atoms with Gasteiger partial charge in [0, 0.05) is 33.1 Å². The smallest absolute Gasteiger partial charge is 0.145 e. The average molecular weight is 806 g/mol. The number of furan rings is 2. The number of hydrogen-bond donors (Lipinski definition) is 0. The summed E-state index contributed by atoms with van der Waals surface area (Å²) in [6.07, 6.45) is 0. The van der Waals surface area contributed by atoms with Crippen molar-refractivity contribution in [2.24, 2.45) is 0 Å². The van der Waals surface area contributed by atoms with E-state index in [0.29, 0.717) is 0 Å². The zero-order valence-electron chi connectivity index (χ0n) is 34.3. The lowest BCUT2D eigenvalue weighted by atomic mass is 9.98. The van der Waals surface area contributed by atoms with Gasteiger partial charge in [0.25, 0.3) is 0 Å². The van der Waals surface area contributed by atoms with Gasteiger partial charge in [0.05, 0.1) is 11.1 Å². The Hall–Kier alpha value is -8.40. The van der Waals surface area contributed by atoms with Crippen LogP contribution in [-0.4, -0.2) is 0 Å². The second-order valence-electron chi connectivity index (χ2n) is 16.1. The van der Waals surface area contributed by atoms with Crippen molar-refractivity contribution in [3.8, 4) is 55.6 Å². The Labute approximate surface area is 365 Å². The van der Waals surface area contributed by atoms with Crippen molar-refractivity contribution in [2.75, 3.05) is 4.90 Å². The van der Waals surface area contributed by atoms with Gasteiger partial charge in [-0.3, -0.25) is 0 Å². The summed E-state index contributed by atoms with van der Waals surface area (Å²) < 4.78 is 13.6. The fraction of sp³-hybridized carbons (Fsp3) is 0. The van der Waals surface area contributed by atoms with E-state index in [0.717, 1.165) is 105 Å². The fourth-order valence-corrected chi connectivity index (χ4v) is 9.16. The van der Waals surface area contributed by atoms with E-state index in [2.05, 4.69) is 235 Å². The molecule has 3 heteroatoms. The highest BCUT2D eigenvalue weighted by molar-refractivity contribution is 6.18. The molecule has 0 aliphatic rings. The van der Waals surface area contributed by atoms with Gasteiger partial charge in [-0.15, -0.1) is 0 Å². The van der Waals surface area contributed by atoms with Crippen LogP contribution >= 0.6 is 0 Å². The van der Waals surface area contributed by atoms with Gasteiger partial charge >= 0.3 is 0 Å². The molecule has 0 spiro atoms. The third-order valence-corrected chi connectivity index (χ3v) is 12.3. The summed E-state index contributed by atoms with van der Waals surface area (Å²) >= 11 is 0. The Morgan fingerprint density at radius 2 is 0.746 bits per heavy atom. The highest BCUT2D eigenvalue weighted by Crippen LogP contribution is 2.48. The SMILES string of the molecule is c1ccc(-c2ccc(-c3cccc(N(c4ccc5oc6cc(-c7ccccc7)ccc6c5c4)c4ccc(-c5ccccc5)c5oc6cc(-c7ccccc7)ccc6c45)c3)cc2)cc1. The third-order valence-electron chi connectivity index (χ3n) is 12.3. The van der Waals surface area contributed by atoms with Crippen LogP contribution in [0.15, 0.2) is 245 Å². The molecule has 0 atom stereocenters. The molecule has 0 saturated carbocycles. The maximum absolute atomic E-state index is 7.02. The summed E-state index contributed by atoms with van der Waals surface area (Å²) in [6, 6.07) is 84.0. The van der Waals surface area contributed by atoms with Gasteiger partial charge in [-0.1, -0.05) is 170 Å². The van der Waals surface area contributed by atoms with E-state index in [-0.39, 0.29) is 0 Å². The minimum absolute atomic E-state index is 0.841. The van der Waals surface area contributed by atoms with Crippen LogP contribution in [0.2, 0.25) is 0 Å². The van der Waals surface area contributed by atoms with E-state index >= 15 is 0 Å². The van der Waals surface area contributed by atoms with Crippen molar-refractivity contribution in [1.82, 2.24) is 0 Å². The van der Waals surface area contributed by atoms with Crippen molar-refractivity contribution in [2.45, 2.75) is 0 Å². The van der Waals surface area contributed by atoms with Crippen LogP contribution < -0.4 is 4.90 Å². The van der Waals surface area contributed by atoms with Gasteiger partial charge < -0.3 is 13.7 Å². The lowest BCUT2D eigenvalue weighted by Gasteiger charge is -2.27. The molecule has 10 aromatic carbocycles. The minimum atomic E-state index is 0.841. The molecule has 0 fully saturated rings. The molecule has 2 aromatic heterocycles. The van der Waals surface area contributed by atoms with E-state index < -0.39 is 0 Å². The summed E-state index contributed by atoms with van der Waals surface area (Å²) in [5.74, 6) is 0. The molecular formula is C60H39NO2. The van der Waals surface area contributed by atoms with Gasteiger partial charge in [-0.05, 0) is 117 Å². The molecule has 296 valence electrons. The van der Waals surface area contributed by atoms with Crippen molar-refractivity contribution in [3.63, 3.8) is 0 Å². The monoisotopic (exact) mass is 805 g/mol. The van der Waals surface area contributed by atoms with E-state index in [4.69, 9.17) is 8.83 Å². The summed E-state index contributed by atoms with van der Waals surface area (Å²) in [5, 5.41) is 4.23. The fourth-order valence-electron chi connectivity index (χ4n) is 9.16. The number of benzene rings is 10. The van der Waals surface area contributed by atoms with Crippen LogP contribution in [0.4, 0.5) is 17.1 Å². The molecule has 0 amide bonds. The molecule has 0 unspecified atom stereocenters. The van der Waals surface area contributed by atoms with Gasteiger partial charge in [0.1, 0.15) is 22.3 Å². The van der Waals surface area contributed by atoms with Gasteiger partial charge in [0.2, 0.25) is 0 Å². The van der Waals surface area contributed by atoms with Gasteiger partial charge in [0.15, 0.2) is 0 Å². The Morgan fingerprint density at radius 1 is 0.270 bits per heavy atom. The first-order valence-electron chi connectivity index (χ1n) is 21.4. The largest absolute Gasteiger partial charge is 0.456 e. The quantitative estimate of drug-likeness (QED) is 0.153. The molecule has 0 aliphatic carbocycles. The summed E-state index contributed by atoms with van der Waals surface area (Å²) in [5.41, 5.74) is 17.8. The predicted octanol–water partition coefficient (Wildman–Crippen LogP) is 17.3. The molecule has 0 N–H and O–H groups in total. The minimum Gasteiger partial charge on any atom is -0.456 e. The molecule has 2 heterocycles. The van der Waals surface area contributed by atoms with E-state index in [1.54, 1.807) is 0 Å². The highest BCUT2D eigenvalue weighted by atomic mass is 16.3. The molecule has 0 saturated heterocycles. The van der Waals surface area contributed by atoms with E-state index in [9.17, 15) is 0 Å². The summed E-state index contributed by atoms with van der Waals surface area (Å²) in [4.78, 5) is 2.38. The highest BCUT2D eigenvalue weighted by Gasteiger charge is 2.24. The lowest BCUT2D eigenvalue weighted by molar-refractivity contribution is 0.669. The molecule has 3 nitrogen and oxygen atoms in total. The van der Waals surface area contributed by atoms with Crippen molar-refractivity contribution >= 4 is 60.9 Å². The first kappa shape index (κ1) is 36.5. The second kappa shape index (κ2) is 15.3. The zero-order valence-corrected chi connectivity index (χ0v) is 34.3. The predicted molar refractivity (Wildman–Crippen MR) is 263 cm³/mol. The Kier molecular flexibility index (Phi) is 8.83. The van der Waals surface area contributed by atoms with Crippen molar-refractivity contribution in [3.05, 3.63) is 237 Å². The van der Waals surface area contributed by atoms with Crippen LogP contribution in [0.1, 0.15) is 0 Å². The number of nitrogens with zero attached hydrogens (tertiary/aromatic N) is 1. The topological polar surface area (TPSA) is 29.5 Å².